The van der Waals surface area contributed by atoms with Crippen molar-refractivity contribution < 1.29 is 9.53 Å². The molecule has 0 radical (unpaired) electrons. The summed E-state index contributed by atoms with van der Waals surface area (Å²) in [7, 11) is 0. The Balaban J connectivity index is 2.25. The number of anilines is 1. The van der Waals surface area contributed by atoms with E-state index in [0.29, 0.717) is 5.56 Å². The predicted octanol–water partition coefficient (Wildman–Crippen LogP) is 2.88. The quantitative estimate of drug-likeness (QED) is 0.786. The molecule has 4 heteroatoms. The van der Waals surface area contributed by atoms with E-state index in [4.69, 9.17) is 4.74 Å². The van der Waals surface area contributed by atoms with Gasteiger partial charge in [0.2, 0.25) is 0 Å². The minimum Gasteiger partial charge on any atom is -0.372 e. The number of hydrogen-bond donors (Lipinski definition) is 0. The minimum atomic E-state index is -0.124. The number of hydrogen-bond acceptors (Lipinski definition) is 3. The highest BCUT2D eigenvalue weighted by Gasteiger charge is 2.28. The van der Waals surface area contributed by atoms with Crippen LogP contribution in [-0.4, -0.2) is 31.6 Å². The summed E-state index contributed by atoms with van der Waals surface area (Å²) < 4.78 is 6.65. The van der Waals surface area contributed by atoms with Crippen LogP contribution in [0.5, 0.6) is 0 Å². The molecule has 0 spiro atoms. The van der Waals surface area contributed by atoms with E-state index >= 15 is 0 Å². The number of aldehydes is 1. The topological polar surface area (TPSA) is 29.5 Å². The lowest BCUT2D eigenvalue weighted by atomic mass is 10.1. The second-order valence-electron chi connectivity index (χ2n) is 4.86. The van der Waals surface area contributed by atoms with Crippen LogP contribution in [0.3, 0.4) is 0 Å². The van der Waals surface area contributed by atoms with Gasteiger partial charge in [-0.25, -0.2) is 0 Å². The first-order valence-electron chi connectivity index (χ1n) is 5.65. The molecule has 0 N–H and O–H groups in total. The van der Waals surface area contributed by atoms with Crippen molar-refractivity contribution in [2.45, 2.75) is 19.4 Å². The van der Waals surface area contributed by atoms with Gasteiger partial charge in [0.1, 0.15) is 6.29 Å². The van der Waals surface area contributed by atoms with Gasteiger partial charge < -0.3 is 9.64 Å². The molecule has 0 atom stereocenters. The maximum Gasteiger partial charge on any atom is 0.150 e. The molecule has 1 aromatic rings. The standard InChI is InChI=1S/C13H16BrNO2/c1-13(2)9-15(5-6-17-13)12-4-3-10(8-16)7-11(12)14/h3-4,7-8H,5-6,9H2,1-2H3. The van der Waals surface area contributed by atoms with Crippen molar-refractivity contribution >= 4 is 27.9 Å². The van der Waals surface area contributed by atoms with Crippen LogP contribution < -0.4 is 4.90 Å². The zero-order valence-electron chi connectivity index (χ0n) is 10.1. The molecule has 1 aliphatic heterocycles. The molecule has 1 aromatic carbocycles. The number of ether oxygens (including phenoxy) is 1. The largest absolute Gasteiger partial charge is 0.372 e. The molecule has 0 saturated carbocycles. The molecule has 2 rings (SSSR count). The van der Waals surface area contributed by atoms with Gasteiger partial charge in [-0.3, -0.25) is 4.79 Å². The normalized spacial score (nSPS) is 19.1. The summed E-state index contributed by atoms with van der Waals surface area (Å²) in [6.07, 6.45) is 0.859. The van der Waals surface area contributed by atoms with E-state index in [-0.39, 0.29) is 5.60 Å². The molecule has 0 amide bonds. The van der Waals surface area contributed by atoms with Crippen LogP contribution in [0.1, 0.15) is 24.2 Å². The highest BCUT2D eigenvalue weighted by Crippen LogP contribution is 2.30. The first kappa shape index (κ1) is 12.6. The Labute approximate surface area is 110 Å². The Bertz CT molecular complexity index is 431. The van der Waals surface area contributed by atoms with E-state index in [1.165, 1.54) is 0 Å². The summed E-state index contributed by atoms with van der Waals surface area (Å²) in [6.45, 7) is 6.64. The Morgan fingerprint density at radius 1 is 1.47 bits per heavy atom. The third kappa shape index (κ3) is 2.87. The van der Waals surface area contributed by atoms with Gasteiger partial charge in [0.25, 0.3) is 0 Å². The van der Waals surface area contributed by atoms with Crippen LogP contribution in [0.2, 0.25) is 0 Å². The van der Waals surface area contributed by atoms with E-state index in [0.717, 1.165) is 36.1 Å². The van der Waals surface area contributed by atoms with Crippen molar-refractivity contribution in [1.82, 2.24) is 0 Å². The summed E-state index contributed by atoms with van der Waals surface area (Å²) in [4.78, 5) is 13.0. The molecular formula is C13H16BrNO2. The fraction of sp³-hybridized carbons (Fsp3) is 0.462. The van der Waals surface area contributed by atoms with E-state index in [2.05, 4.69) is 34.7 Å². The second kappa shape index (κ2) is 4.78. The lowest BCUT2D eigenvalue weighted by Gasteiger charge is -2.39. The Hall–Kier alpha value is -0.870. The van der Waals surface area contributed by atoms with Gasteiger partial charge in [0.05, 0.1) is 17.9 Å². The summed E-state index contributed by atoms with van der Waals surface area (Å²) >= 11 is 3.52. The van der Waals surface area contributed by atoms with Crippen LogP contribution in [0, 0.1) is 0 Å². The van der Waals surface area contributed by atoms with E-state index in [9.17, 15) is 4.79 Å². The molecule has 1 saturated heterocycles. The molecule has 1 fully saturated rings. The molecule has 1 aliphatic rings. The number of benzene rings is 1. The van der Waals surface area contributed by atoms with Crippen molar-refractivity contribution in [3.05, 3.63) is 28.2 Å². The maximum atomic E-state index is 10.7. The van der Waals surface area contributed by atoms with Crippen molar-refractivity contribution in [3.8, 4) is 0 Å². The van der Waals surface area contributed by atoms with Gasteiger partial charge in [0, 0.05) is 23.1 Å². The molecule has 0 aliphatic carbocycles. The zero-order chi connectivity index (χ0) is 12.5. The highest BCUT2D eigenvalue weighted by molar-refractivity contribution is 9.10. The predicted molar refractivity (Wildman–Crippen MR) is 71.8 cm³/mol. The molecule has 92 valence electrons. The van der Waals surface area contributed by atoms with Gasteiger partial charge in [-0.1, -0.05) is 0 Å². The smallest absolute Gasteiger partial charge is 0.150 e. The lowest BCUT2D eigenvalue weighted by molar-refractivity contribution is -0.0277. The van der Waals surface area contributed by atoms with Gasteiger partial charge in [-0.05, 0) is 48.0 Å². The molecule has 17 heavy (non-hydrogen) atoms. The van der Waals surface area contributed by atoms with Crippen molar-refractivity contribution in [2.24, 2.45) is 0 Å². The van der Waals surface area contributed by atoms with Crippen LogP contribution in [0.25, 0.3) is 0 Å². The Morgan fingerprint density at radius 3 is 2.82 bits per heavy atom. The van der Waals surface area contributed by atoms with E-state index < -0.39 is 0 Å². The molecule has 3 nitrogen and oxygen atoms in total. The summed E-state index contributed by atoms with van der Waals surface area (Å²) in [5, 5.41) is 0. The van der Waals surface area contributed by atoms with Crippen LogP contribution in [-0.2, 0) is 4.74 Å². The summed E-state index contributed by atoms with van der Waals surface area (Å²) in [5.74, 6) is 0. The summed E-state index contributed by atoms with van der Waals surface area (Å²) in [6, 6.07) is 5.68. The van der Waals surface area contributed by atoms with Gasteiger partial charge in [-0.2, -0.15) is 0 Å². The number of morpholine rings is 1. The summed E-state index contributed by atoms with van der Waals surface area (Å²) in [5.41, 5.74) is 1.68. The monoisotopic (exact) mass is 297 g/mol. The first-order valence-corrected chi connectivity index (χ1v) is 6.45. The van der Waals surface area contributed by atoms with Crippen LogP contribution >= 0.6 is 15.9 Å². The number of halogens is 1. The highest BCUT2D eigenvalue weighted by atomic mass is 79.9. The number of carbonyl (C=O) groups excluding carboxylic acids is 1. The third-order valence-electron chi connectivity index (χ3n) is 2.87. The molecule has 0 aromatic heterocycles. The molecule has 0 bridgehead atoms. The number of nitrogens with zero attached hydrogens (tertiary/aromatic N) is 1. The zero-order valence-corrected chi connectivity index (χ0v) is 11.7. The van der Waals surface area contributed by atoms with Gasteiger partial charge >= 0.3 is 0 Å². The number of rotatable bonds is 2. The average molecular weight is 298 g/mol. The first-order chi connectivity index (χ1) is 8.02. The number of carbonyl (C=O) groups is 1. The van der Waals surface area contributed by atoms with Gasteiger partial charge in [0.15, 0.2) is 0 Å². The molecular weight excluding hydrogens is 282 g/mol. The third-order valence-corrected chi connectivity index (χ3v) is 3.51. The fourth-order valence-electron chi connectivity index (χ4n) is 2.08. The van der Waals surface area contributed by atoms with E-state index in [1.807, 2.05) is 18.2 Å². The second-order valence-corrected chi connectivity index (χ2v) is 5.71. The van der Waals surface area contributed by atoms with E-state index in [1.54, 1.807) is 0 Å². The van der Waals surface area contributed by atoms with Crippen LogP contribution in [0.4, 0.5) is 5.69 Å². The average Bonchev–Trinajstić information content (AvgIpc) is 2.27. The molecule has 1 heterocycles. The van der Waals surface area contributed by atoms with Crippen molar-refractivity contribution in [1.29, 1.82) is 0 Å². The van der Waals surface area contributed by atoms with Crippen molar-refractivity contribution in [2.75, 3.05) is 24.6 Å². The molecule has 0 unspecified atom stereocenters. The van der Waals surface area contributed by atoms with Gasteiger partial charge in [-0.15, -0.1) is 0 Å². The Morgan fingerprint density at radius 2 is 2.24 bits per heavy atom. The van der Waals surface area contributed by atoms with Crippen LogP contribution in [0.15, 0.2) is 22.7 Å². The Kier molecular flexibility index (Phi) is 3.54. The van der Waals surface area contributed by atoms with Crippen molar-refractivity contribution in [3.63, 3.8) is 0 Å². The SMILES string of the molecule is CC1(C)CN(c2ccc(C=O)cc2Br)CCO1. The minimum absolute atomic E-state index is 0.124. The lowest BCUT2D eigenvalue weighted by Crippen LogP contribution is -2.48. The fourth-order valence-corrected chi connectivity index (χ4v) is 2.72. The maximum absolute atomic E-state index is 10.7.